The highest BCUT2D eigenvalue weighted by Crippen LogP contribution is 2.41. The predicted molar refractivity (Wildman–Crippen MR) is 87.3 cm³/mol. The van der Waals surface area contributed by atoms with Gasteiger partial charge in [0.05, 0.1) is 16.4 Å². The SMILES string of the molecule is COc1cc(F)c(Br)cc1C(Br)c1c(C)cccc1C. The Morgan fingerprint density at radius 3 is 2.30 bits per heavy atom. The van der Waals surface area contributed by atoms with Crippen LogP contribution in [0.15, 0.2) is 34.8 Å². The number of halogens is 3. The van der Waals surface area contributed by atoms with Gasteiger partial charge in [0.25, 0.3) is 0 Å². The molecule has 0 bridgehead atoms. The Kier molecular flexibility index (Phi) is 4.86. The van der Waals surface area contributed by atoms with Gasteiger partial charge in [-0.1, -0.05) is 34.1 Å². The van der Waals surface area contributed by atoms with Crippen molar-refractivity contribution in [1.29, 1.82) is 0 Å². The Hall–Kier alpha value is -0.870. The number of aryl methyl sites for hydroxylation is 2. The van der Waals surface area contributed by atoms with Gasteiger partial charge in [-0.05, 0) is 52.5 Å². The van der Waals surface area contributed by atoms with Crippen LogP contribution in [0.1, 0.15) is 27.1 Å². The Morgan fingerprint density at radius 1 is 1.15 bits per heavy atom. The van der Waals surface area contributed by atoms with Crippen molar-refractivity contribution in [2.24, 2.45) is 0 Å². The summed E-state index contributed by atoms with van der Waals surface area (Å²) in [6.07, 6.45) is 0. The van der Waals surface area contributed by atoms with E-state index < -0.39 is 0 Å². The van der Waals surface area contributed by atoms with Crippen LogP contribution in [-0.2, 0) is 0 Å². The molecule has 0 saturated heterocycles. The fourth-order valence-corrected chi connectivity index (χ4v) is 3.74. The second-order valence-corrected chi connectivity index (χ2v) is 6.45. The summed E-state index contributed by atoms with van der Waals surface area (Å²) in [7, 11) is 1.55. The van der Waals surface area contributed by atoms with Crippen LogP contribution in [0.2, 0.25) is 0 Å². The van der Waals surface area contributed by atoms with Crippen molar-refractivity contribution < 1.29 is 9.13 Å². The molecule has 0 aliphatic heterocycles. The maximum Gasteiger partial charge on any atom is 0.141 e. The summed E-state index contributed by atoms with van der Waals surface area (Å²) in [5.74, 6) is 0.210. The molecule has 0 aliphatic rings. The van der Waals surface area contributed by atoms with E-state index in [4.69, 9.17) is 4.74 Å². The molecule has 0 radical (unpaired) electrons. The first-order chi connectivity index (χ1) is 9.45. The van der Waals surface area contributed by atoms with Crippen LogP contribution in [0, 0.1) is 19.7 Å². The fourth-order valence-electron chi connectivity index (χ4n) is 2.30. The lowest BCUT2D eigenvalue weighted by molar-refractivity contribution is 0.406. The monoisotopic (exact) mass is 400 g/mol. The first-order valence-electron chi connectivity index (χ1n) is 6.18. The molecule has 2 aromatic rings. The molecule has 20 heavy (non-hydrogen) atoms. The summed E-state index contributed by atoms with van der Waals surface area (Å²) >= 11 is 6.96. The molecule has 2 rings (SSSR count). The zero-order valence-electron chi connectivity index (χ0n) is 11.5. The topological polar surface area (TPSA) is 9.23 Å². The first-order valence-corrected chi connectivity index (χ1v) is 7.89. The van der Waals surface area contributed by atoms with Crippen LogP contribution in [-0.4, -0.2) is 7.11 Å². The molecule has 106 valence electrons. The highest BCUT2D eigenvalue weighted by molar-refractivity contribution is 9.10. The van der Waals surface area contributed by atoms with Crippen LogP contribution >= 0.6 is 31.9 Å². The van der Waals surface area contributed by atoms with E-state index in [1.807, 2.05) is 6.07 Å². The van der Waals surface area contributed by atoms with Gasteiger partial charge >= 0.3 is 0 Å². The third-order valence-corrected chi connectivity index (χ3v) is 4.90. The van der Waals surface area contributed by atoms with E-state index >= 15 is 0 Å². The van der Waals surface area contributed by atoms with Gasteiger partial charge in [0.15, 0.2) is 0 Å². The van der Waals surface area contributed by atoms with Crippen molar-refractivity contribution in [3.63, 3.8) is 0 Å². The molecular formula is C16H15Br2FO. The van der Waals surface area contributed by atoms with Gasteiger partial charge in [0, 0.05) is 11.6 Å². The molecule has 0 amide bonds. The quantitative estimate of drug-likeness (QED) is 0.599. The third-order valence-electron chi connectivity index (χ3n) is 3.34. The zero-order valence-corrected chi connectivity index (χ0v) is 14.7. The Morgan fingerprint density at radius 2 is 1.75 bits per heavy atom. The van der Waals surface area contributed by atoms with Crippen LogP contribution in [0.5, 0.6) is 5.75 Å². The minimum absolute atomic E-state index is 0.0458. The smallest absolute Gasteiger partial charge is 0.141 e. The Balaban J connectivity index is 2.59. The van der Waals surface area contributed by atoms with Gasteiger partial charge in [-0.25, -0.2) is 4.39 Å². The van der Waals surface area contributed by atoms with Gasteiger partial charge in [-0.15, -0.1) is 0 Å². The normalized spacial score (nSPS) is 12.3. The molecule has 2 aromatic carbocycles. The van der Waals surface area contributed by atoms with E-state index in [0.29, 0.717) is 10.2 Å². The molecule has 4 heteroatoms. The number of ether oxygens (including phenoxy) is 1. The highest BCUT2D eigenvalue weighted by Gasteiger charge is 2.20. The van der Waals surface area contributed by atoms with Gasteiger partial charge in [0.1, 0.15) is 11.6 Å². The van der Waals surface area contributed by atoms with Crippen molar-refractivity contribution in [1.82, 2.24) is 0 Å². The molecule has 0 N–H and O–H groups in total. The number of hydrogen-bond acceptors (Lipinski definition) is 1. The van der Waals surface area contributed by atoms with Crippen molar-refractivity contribution in [3.8, 4) is 5.75 Å². The number of hydrogen-bond donors (Lipinski definition) is 0. The van der Waals surface area contributed by atoms with Gasteiger partial charge < -0.3 is 4.74 Å². The summed E-state index contributed by atoms with van der Waals surface area (Å²) in [5, 5.41) is 0. The van der Waals surface area contributed by atoms with Gasteiger partial charge in [-0.3, -0.25) is 0 Å². The minimum Gasteiger partial charge on any atom is -0.496 e. The fraction of sp³-hybridized carbons (Fsp3) is 0.250. The standard InChI is InChI=1S/C16H15Br2FO/c1-9-5-4-6-10(2)15(9)16(18)11-7-12(17)13(19)8-14(11)20-3/h4-8,16H,1-3H3. The summed E-state index contributed by atoms with van der Waals surface area (Å²) in [4.78, 5) is -0.0458. The second-order valence-electron chi connectivity index (χ2n) is 4.68. The van der Waals surface area contributed by atoms with Crippen LogP contribution in [0.25, 0.3) is 0 Å². The van der Waals surface area contributed by atoms with E-state index in [-0.39, 0.29) is 10.6 Å². The molecule has 0 saturated carbocycles. The first kappa shape index (κ1) is 15.5. The average molecular weight is 402 g/mol. The number of rotatable bonds is 3. The summed E-state index contributed by atoms with van der Waals surface area (Å²) < 4.78 is 19.4. The minimum atomic E-state index is -0.327. The van der Waals surface area contributed by atoms with Crippen molar-refractivity contribution in [3.05, 3.63) is 62.9 Å². The molecule has 1 unspecified atom stereocenters. The molecular weight excluding hydrogens is 387 g/mol. The summed E-state index contributed by atoms with van der Waals surface area (Å²) in [6, 6.07) is 9.34. The van der Waals surface area contributed by atoms with Crippen LogP contribution in [0.3, 0.4) is 0 Å². The average Bonchev–Trinajstić information content (AvgIpc) is 2.41. The zero-order chi connectivity index (χ0) is 14.9. The van der Waals surface area contributed by atoms with E-state index in [1.165, 1.54) is 22.8 Å². The summed E-state index contributed by atoms with van der Waals surface area (Å²) in [5.41, 5.74) is 4.46. The van der Waals surface area contributed by atoms with Crippen molar-refractivity contribution >= 4 is 31.9 Å². The maximum absolute atomic E-state index is 13.6. The van der Waals surface area contributed by atoms with E-state index in [1.54, 1.807) is 13.2 Å². The highest BCUT2D eigenvalue weighted by atomic mass is 79.9. The summed E-state index contributed by atoms with van der Waals surface area (Å²) in [6.45, 7) is 4.14. The Bertz CT molecular complexity index is 620. The number of methoxy groups -OCH3 is 1. The molecule has 1 nitrogen and oxygen atoms in total. The van der Waals surface area contributed by atoms with Crippen molar-refractivity contribution in [2.45, 2.75) is 18.7 Å². The lowest BCUT2D eigenvalue weighted by atomic mass is 9.95. The van der Waals surface area contributed by atoms with Gasteiger partial charge in [0.2, 0.25) is 0 Å². The van der Waals surface area contributed by atoms with Gasteiger partial charge in [-0.2, -0.15) is 0 Å². The molecule has 1 atom stereocenters. The Labute approximate surface area is 135 Å². The predicted octanol–water partition coefficient (Wildman–Crippen LogP) is 5.70. The largest absolute Gasteiger partial charge is 0.496 e. The maximum atomic E-state index is 13.6. The van der Waals surface area contributed by atoms with Crippen molar-refractivity contribution in [2.75, 3.05) is 7.11 Å². The third kappa shape index (κ3) is 2.91. The van der Waals surface area contributed by atoms with E-state index in [2.05, 4.69) is 57.8 Å². The lowest BCUT2D eigenvalue weighted by Gasteiger charge is -2.19. The molecule has 0 heterocycles. The number of benzene rings is 2. The molecule has 0 fully saturated rings. The molecule has 0 spiro atoms. The number of alkyl halides is 1. The lowest BCUT2D eigenvalue weighted by Crippen LogP contribution is -2.02. The van der Waals surface area contributed by atoms with Crippen LogP contribution < -0.4 is 4.74 Å². The van der Waals surface area contributed by atoms with Crippen LogP contribution in [0.4, 0.5) is 4.39 Å². The van der Waals surface area contributed by atoms with E-state index in [0.717, 1.165) is 5.56 Å². The molecule has 0 aliphatic carbocycles. The molecule has 0 aromatic heterocycles. The van der Waals surface area contributed by atoms with E-state index in [9.17, 15) is 4.39 Å². The second kappa shape index (κ2) is 6.27.